The summed E-state index contributed by atoms with van der Waals surface area (Å²) < 4.78 is 0. The molecule has 0 amide bonds. The van der Waals surface area contributed by atoms with E-state index in [1.165, 1.54) is 6.33 Å². The van der Waals surface area contributed by atoms with Crippen LogP contribution in [0, 0.1) is 10.1 Å². The Morgan fingerprint density at radius 1 is 1.26 bits per heavy atom. The zero-order valence-electron chi connectivity index (χ0n) is 13.6. The van der Waals surface area contributed by atoms with Crippen LogP contribution >= 0.6 is 0 Å². The number of nitrogens with zero attached hydrogens (tertiary/aromatic N) is 4. The van der Waals surface area contributed by atoms with Crippen LogP contribution in [-0.2, 0) is 0 Å². The van der Waals surface area contributed by atoms with E-state index >= 15 is 0 Å². The number of benzene rings is 1. The van der Waals surface area contributed by atoms with E-state index in [0.717, 1.165) is 12.1 Å². The minimum absolute atomic E-state index is 0.0863. The van der Waals surface area contributed by atoms with Gasteiger partial charge in [-0.15, -0.1) is 0 Å². The van der Waals surface area contributed by atoms with Gasteiger partial charge in [0.15, 0.2) is 0 Å². The quantitative estimate of drug-likeness (QED) is 0.618. The fourth-order valence-electron chi connectivity index (χ4n) is 2.24. The predicted octanol–water partition coefficient (Wildman–Crippen LogP) is 3.75. The van der Waals surface area contributed by atoms with Crippen LogP contribution in [0.3, 0.4) is 0 Å². The van der Waals surface area contributed by atoms with Crippen molar-refractivity contribution in [3.63, 3.8) is 0 Å². The topological polar surface area (TPSA) is 84.2 Å². The maximum Gasteiger partial charge on any atom is 0.353 e. The number of para-hydroxylation sites is 1. The molecule has 1 N–H and O–H groups in total. The average molecular weight is 315 g/mol. The smallest absolute Gasteiger partial charge is 0.353 e. The molecule has 2 rings (SSSR count). The minimum atomic E-state index is -0.425. The van der Waals surface area contributed by atoms with Gasteiger partial charge in [-0.3, -0.25) is 10.1 Å². The normalized spacial score (nSPS) is 11.8. The Balaban J connectivity index is 2.52. The first kappa shape index (κ1) is 16.7. The Morgan fingerprint density at radius 3 is 2.52 bits per heavy atom. The molecular formula is C16H21N5O2. The lowest BCUT2D eigenvalue weighted by atomic mass is 10.2. The summed E-state index contributed by atoms with van der Waals surface area (Å²) in [6.45, 7) is 6.46. The molecule has 0 aliphatic rings. The van der Waals surface area contributed by atoms with Crippen molar-refractivity contribution in [3.8, 4) is 0 Å². The van der Waals surface area contributed by atoms with Gasteiger partial charge in [0.1, 0.15) is 6.33 Å². The maximum absolute atomic E-state index is 11.6. The molecule has 0 aliphatic carbocycles. The van der Waals surface area contributed by atoms with Crippen LogP contribution in [0.4, 0.5) is 23.0 Å². The number of nitro groups is 1. The zero-order chi connectivity index (χ0) is 16.8. The standard InChI is InChI=1S/C16H21N5O2/c1-4-12(3)19-15-14(21(22)23)16(18-11-17-15)20(5-2)13-9-7-6-8-10-13/h6-12H,4-5H2,1-3H3,(H,17,18,19). The summed E-state index contributed by atoms with van der Waals surface area (Å²) >= 11 is 0. The highest BCUT2D eigenvalue weighted by Crippen LogP contribution is 2.35. The average Bonchev–Trinajstić information content (AvgIpc) is 2.56. The molecule has 1 heterocycles. The predicted molar refractivity (Wildman–Crippen MR) is 91.2 cm³/mol. The fourth-order valence-corrected chi connectivity index (χ4v) is 2.24. The van der Waals surface area contributed by atoms with Gasteiger partial charge >= 0.3 is 5.69 Å². The monoisotopic (exact) mass is 315 g/mol. The van der Waals surface area contributed by atoms with Gasteiger partial charge < -0.3 is 10.2 Å². The molecule has 0 aliphatic heterocycles. The second kappa shape index (κ2) is 7.53. The molecule has 0 saturated heterocycles. The summed E-state index contributed by atoms with van der Waals surface area (Å²) in [5, 5.41) is 14.7. The third-order valence-electron chi connectivity index (χ3n) is 3.62. The van der Waals surface area contributed by atoms with E-state index in [2.05, 4.69) is 15.3 Å². The fraction of sp³-hybridized carbons (Fsp3) is 0.375. The molecule has 23 heavy (non-hydrogen) atoms. The first-order chi connectivity index (χ1) is 11.1. The molecule has 7 heteroatoms. The van der Waals surface area contributed by atoms with Crippen molar-refractivity contribution in [2.75, 3.05) is 16.8 Å². The van der Waals surface area contributed by atoms with Crippen molar-refractivity contribution in [2.45, 2.75) is 33.2 Å². The second-order valence-corrected chi connectivity index (χ2v) is 5.19. The number of nitrogens with one attached hydrogen (secondary N) is 1. The van der Waals surface area contributed by atoms with Crippen LogP contribution < -0.4 is 10.2 Å². The number of rotatable bonds is 7. The van der Waals surface area contributed by atoms with Crippen molar-refractivity contribution in [1.82, 2.24) is 9.97 Å². The Labute approximate surface area is 135 Å². The molecule has 0 fully saturated rings. The Morgan fingerprint density at radius 2 is 1.96 bits per heavy atom. The van der Waals surface area contributed by atoms with E-state index in [4.69, 9.17) is 0 Å². The van der Waals surface area contributed by atoms with Gasteiger partial charge in [0, 0.05) is 18.3 Å². The van der Waals surface area contributed by atoms with E-state index in [-0.39, 0.29) is 17.5 Å². The minimum Gasteiger partial charge on any atom is -0.362 e. The van der Waals surface area contributed by atoms with Gasteiger partial charge in [-0.2, -0.15) is 0 Å². The highest BCUT2D eigenvalue weighted by atomic mass is 16.6. The van der Waals surface area contributed by atoms with Crippen LogP contribution in [0.5, 0.6) is 0 Å². The molecule has 0 bridgehead atoms. The number of anilines is 3. The molecule has 0 saturated carbocycles. The number of hydrogen-bond donors (Lipinski definition) is 1. The lowest BCUT2D eigenvalue weighted by Crippen LogP contribution is -2.21. The highest BCUT2D eigenvalue weighted by Gasteiger charge is 2.27. The van der Waals surface area contributed by atoms with E-state index in [1.807, 2.05) is 56.0 Å². The summed E-state index contributed by atoms with van der Waals surface area (Å²) in [6, 6.07) is 9.57. The molecule has 2 aromatic rings. The van der Waals surface area contributed by atoms with Gasteiger partial charge in [-0.1, -0.05) is 25.1 Å². The molecule has 1 aromatic carbocycles. The van der Waals surface area contributed by atoms with Gasteiger partial charge in [0.25, 0.3) is 0 Å². The van der Waals surface area contributed by atoms with E-state index < -0.39 is 4.92 Å². The highest BCUT2D eigenvalue weighted by molar-refractivity contribution is 5.75. The van der Waals surface area contributed by atoms with E-state index in [9.17, 15) is 10.1 Å². The molecule has 122 valence electrons. The summed E-state index contributed by atoms with van der Waals surface area (Å²) in [6.07, 6.45) is 2.20. The summed E-state index contributed by atoms with van der Waals surface area (Å²) in [7, 11) is 0. The van der Waals surface area contributed by atoms with Crippen LogP contribution in [-0.4, -0.2) is 27.5 Å². The van der Waals surface area contributed by atoms with Crippen molar-refractivity contribution in [2.24, 2.45) is 0 Å². The van der Waals surface area contributed by atoms with Crippen LogP contribution in [0.2, 0.25) is 0 Å². The van der Waals surface area contributed by atoms with Gasteiger partial charge in [-0.25, -0.2) is 9.97 Å². The zero-order valence-corrected chi connectivity index (χ0v) is 13.6. The van der Waals surface area contributed by atoms with Crippen molar-refractivity contribution in [1.29, 1.82) is 0 Å². The maximum atomic E-state index is 11.6. The van der Waals surface area contributed by atoms with Crippen LogP contribution in [0.15, 0.2) is 36.7 Å². The third-order valence-corrected chi connectivity index (χ3v) is 3.62. The lowest BCUT2D eigenvalue weighted by Gasteiger charge is -2.22. The first-order valence-corrected chi connectivity index (χ1v) is 7.66. The Bertz CT molecular complexity index is 663. The first-order valence-electron chi connectivity index (χ1n) is 7.66. The molecule has 1 aromatic heterocycles. The van der Waals surface area contributed by atoms with Gasteiger partial charge in [-0.05, 0) is 32.4 Å². The van der Waals surface area contributed by atoms with Crippen molar-refractivity contribution >= 4 is 23.0 Å². The summed E-state index contributed by atoms with van der Waals surface area (Å²) in [5.74, 6) is 0.549. The summed E-state index contributed by atoms with van der Waals surface area (Å²) in [5.41, 5.74) is 0.754. The van der Waals surface area contributed by atoms with Crippen molar-refractivity contribution < 1.29 is 4.92 Å². The Kier molecular flexibility index (Phi) is 5.46. The Hall–Kier alpha value is -2.70. The molecule has 1 atom stereocenters. The molecular weight excluding hydrogens is 294 g/mol. The van der Waals surface area contributed by atoms with Crippen LogP contribution in [0.25, 0.3) is 0 Å². The molecule has 0 radical (unpaired) electrons. The molecule has 0 spiro atoms. The largest absolute Gasteiger partial charge is 0.362 e. The SMILES string of the molecule is CCC(C)Nc1ncnc(N(CC)c2ccccc2)c1[N+](=O)[O-]. The van der Waals surface area contributed by atoms with E-state index in [0.29, 0.717) is 12.4 Å². The summed E-state index contributed by atoms with van der Waals surface area (Å²) in [4.78, 5) is 21.2. The van der Waals surface area contributed by atoms with Crippen molar-refractivity contribution in [3.05, 3.63) is 46.8 Å². The number of hydrogen-bond acceptors (Lipinski definition) is 6. The molecule has 1 unspecified atom stereocenters. The van der Waals surface area contributed by atoms with Gasteiger partial charge in [0.2, 0.25) is 11.6 Å². The molecule has 7 nitrogen and oxygen atoms in total. The van der Waals surface area contributed by atoms with Crippen LogP contribution in [0.1, 0.15) is 27.2 Å². The lowest BCUT2D eigenvalue weighted by molar-refractivity contribution is -0.383. The number of aromatic nitrogens is 2. The second-order valence-electron chi connectivity index (χ2n) is 5.19. The van der Waals surface area contributed by atoms with Gasteiger partial charge in [0.05, 0.1) is 4.92 Å². The third kappa shape index (κ3) is 3.74. The van der Waals surface area contributed by atoms with E-state index in [1.54, 1.807) is 0 Å².